The maximum Gasteiger partial charge on any atom is 0.186 e. The topological polar surface area (TPSA) is 26.3 Å². The van der Waals surface area contributed by atoms with Crippen molar-refractivity contribution in [3.63, 3.8) is 0 Å². The lowest BCUT2D eigenvalue weighted by Crippen LogP contribution is -2.36. The molecule has 1 fully saturated rings. The van der Waals surface area contributed by atoms with Crippen molar-refractivity contribution in [2.45, 2.75) is 51.9 Å². The van der Waals surface area contributed by atoms with Crippen LogP contribution in [0, 0.1) is 11.8 Å². The van der Waals surface area contributed by atoms with Crippen molar-refractivity contribution in [1.29, 1.82) is 0 Å². The van der Waals surface area contributed by atoms with Crippen LogP contribution in [0.1, 0.15) is 40.5 Å². The van der Waals surface area contributed by atoms with Crippen molar-refractivity contribution < 1.29 is 9.53 Å². The van der Waals surface area contributed by atoms with E-state index in [0.717, 1.165) is 25.4 Å². The van der Waals surface area contributed by atoms with Gasteiger partial charge in [-0.05, 0) is 24.7 Å². The van der Waals surface area contributed by atoms with Gasteiger partial charge in [0, 0.05) is 18.8 Å². The van der Waals surface area contributed by atoms with Gasteiger partial charge in [0.1, 0.15) is 0 Å². The van der Waals surface area contributed by atoms with Crippen LogP contribution in [0.4, 0.5) is 0 Å². The Hall–Kier alpha value is -0.0200. The molecule has 2 nitrogen and oxygen atoms in total. The predicted molar refractivity (Wildman–Crippen MR) is 65.0 cm³/mol. The minimum Gasteiger partial charge on any atom is -0.377 e. The van der Waals surface area contributed by atoms with Crippen LogP contribution in [0.15, 0.2) is 0 Å². The van der Waals surface area contributed by atoms with E-state index in [0.29, 0.717) is 11.2 Å². The van der Waals surface area contributed by atoms with Gasteiger partial charge >= 0.3 is 0 Å². The van der Waals surface area contributed by atoms with Gasteiger partial charge in [0.05, 0.1) is 6.10 Å². The minimum atomic E-state index is 0.204. The van der Waals surface area contributed by atoms with E-state index in [2.05, 4.69) is 20.8 Å². The Bertz CT molecular complexity index is 216. The summed E-state index contributed by atoms with van der Waals surface area (Å²) in [5, 5.41) is 0.528. The first-order valence-electron chi connectivity index (χ1n) is 5.79. The van der Waals surface area contributed by atoms with Gasteiger partial charge in [0.2, 0.25) is 0 Å². The zero-order valence-electron chi connectivity index (χ0n) is 10.2. The average Bonchev–Trinajstić information content (AvgIpc) is 2.13. The molecule has 0 aromatic carbocycles. The van der Waals surface area contributed by atoms with Gasteiger partial charge in [-0.1, -0.05) is 32.5 Å². The molecule has 0 saturated carbocycles. The van der Waals surface area contributed by atoms with Crippen LogP contribution >= 0.6 is 11.8 Å². The molecule has 3 unspecified atom stereocenters. The molecule has 1 aliphatic rings. The highest BCUT2D eigenvalue weighted by Crippen LogP contribution is 2.32. The molecule has 3 heteroatoms. The molecule has 1 heterocycles. The molecule has 0 aromatic rings. The fourth-order valence-corrected chi connectivity index (χ4v) is 3.06. The van der Waals surface area contributed by atoms with Crippen LogP contribution in [0.25, 0.3) is 0 Å². The van der Waals surface area contributed by atoms with E-state index in [1.54, 1.807) is 6.92 Å². The van der Waals surface area contributed by atoms with E-state index >= 15 is 0 Å². The standard InChI is InChI=1S/C12H22O2S/c1-8(2)12(15-10(4)13)11-7-9(3)5-6-14-11/h8-9,11-12H,5-7H2,1-4H3. The van der Waals surface area contributed by atoms with Gasteiger partial charge in [-0.15, -0.1) is 0 Å². The van der Waals surface area contributed by atoms with Crippen molar-refractivity contribution in [3.05, 3.63) is 0 Å². The summed E-state index contributed by atoms with van der Waals surface area (Å²) in [7, 11) is 0. The number of rotatable bonds is 3. The van der Waals surface area contributed by atoms with Crippen molar-refractivity contribution >= 4 is 16.9 Å². The van der Waals surface area contributed by atoms with Crippen LogP contribution in [0.3, 0.4) is 0 Å². The highest BCUT2D eigenvalue weighted by Gasteiger charge is 2.31. The third-order valence-electron chi connectivity index (χ3n) is 2.90. The van der Waals surface area contributed by atoms with E-state index in [9.17, 15) is 4.79 Å². The molecule has 0 aromatic heterocycles. The molecule has 0 spiro atoms. The Kier molecular flexibility index (Phi) is 5.13. The average molecular weight is 230 g/mol. The zero-order chi connectivity index (χ0) is 11.4. The Morgan fingerprint density at radius 3 is 2.60 bits per heavy atom. The first kappa shape index (κ1) is 13.0. The summed E-state index contributed by atoms with van der Waals surface area (Å²) >= 11 is 1.45. The second-order valence-electron chi connectivity index (χ2n) is 4.86. The zero-order valence-corrected chi connectivity index (χ0v) is 11.0. The molecule has 0 bridgehead atoms. The van der Waals surface area contributed by atoms with Crippen molar-refractivity contribution in [2.75, 3.05) is 6.61 Å². The van der Waals surface area contributed by atoms with Gasteiger partial charge in [-0.3, -0.25) is 4.79 Å². The molecule has 1 saturated heterocycles. The lowest BCUT2D eigenvalue weighted by atomic mass is 9.92. The largest absolute Gasteiger partial charge is 0.377 e. The molecule has 0 radical (unpaired) electrons. The second-order valence-corrected chi connectivity index (χ2v) is 6.21. The number of thioether (sulfide) groups is 1. The molecule has 1 rings (SSSR count). The highest BCUT2D eigenvalue weighted by molar-refractivity contribution is 8.14. The molecule has 88 valence electrons. The summed E-state index contributed by atoms with van der Waals surface area (Å²) in [6.07, 6.45) is 2.53. The maximum absolute atomic E-state index is 11.2. The molecule has 15 heavy (non-hydrogen) atoms. The van der Waals surface area contributed by atoms with E-state index in [4.69, 9.17) is 4.74 Å². The highest BCUT2D eigenvalue weighted by atomic mass is 32.2. The van der Waals surface area contributed by atoms with Gasteiger partial charge in [-0.25, -0.2) is 0 Å². The lowest BCUT2D eigenvalue weighted by molar-refractivity contribution is -0.109. The van der Waals surface area contributed by atoms with Gasteiger partial charge < -0.3 is 4.74 Å². The number of hydrogen-bond donors (Lipinski definition) is 0. The third-order valence-corrected chi connectivity index (χ3v) is 4.35. The predicted octanol–water partition coefficient (Wildman–Crippen LogP) is 3.11. The quantitative estimate of drug-likeness (QED) is 0.745. The molecule has 1 aliphatic heterocycles. The van der Waals surface area contributed by atoms with Crippen LogP contribution < -0.4 is 0 Å². The lowest BCUT2D eigenvalue weighted by Gasteiger charge is -2.34. The fourth-order valence-electron chi connectivity index (χ4n) is 2.06. The normalized spacial score (nSPS) is 29.1. The number of carbonyl (C=O) groups excluding carboxylic acids is 1. The maximum atomic E-state index is 11.2. The summed E-state index contributed by atoms with van der Waals surface area (Å²) in [6.45, 7) is 9.11. The van der Waals surface area contributed by atoms with Gasteiger partial charge in [0.25, 0.3) is 0 Å². The van der Waals surface area contributed by atoms with Gasteiger partial charge in [0.15, 0.2) is 5.12 Å². The van der Waals surface area contributed by atoms with Crippen LogP contribution in [0.2, 0.25) is 0 Å². The summed E-state index contributed by atoms with van der Waals surface area (Å²) < 4.78 is 5.80. The fraction of sp³-hybridized carbons (Fsp3) is 0.917. The second kappa shape index (κ2) is 5.90. The number of hydrogen-bond acceptors (Lipinski definition) is 3. The Morgan fingerprint density at radius 1 is 1.47 bits per heavy atom. The van der Waals surface area contributed by atoms with E-state index in [1.807, 2.05) is 0 Å². The molecule has 0 N–H and O–H groups in total. The van der Waals surface area contributed by atoms with E-state index < -0.39 is 0 Å². The van der Waals surface area contributed by atoms with Crippen LogP contribution in [0.5, 0.6) is 0 Å². The van der Waals surface area contributed by atoms with Crippen molar-refractivity contribution in [3.8, 4) is 0 Å². The molecule has 0 amide bonds. The smallest absolute Gasteiger partial charge is 0.186 e. The summed E-state index contributed by atoms with van der Waals surface area (Å²) in [6, 6.07) is 0. The molecular weight excluding hydrogens is 208 g/mol. The monoisotopic (exact) mass is 230 g/mol. The van der Waals surface area contributed by atoms with E-state index in [1.165, 1.54) is 11.8 Å². The summed E-state index contributed by atoms with van der Waals surface area (Å²) in [4.78, 5) is 11.2. The SMILES string of the molecule is CC(=O)SC(C(C)C)C1CC(C)CCO1. The molecule has 3 atom stereocenters. The van der Waals surface area contributed by atoms with Crippen molar-refractivity contribution in [2.24, 2.45) is 11.8 Å². The summed E-state index contributed by atoms with van der Waals surface area (Å²) in [5.41, 5.74) is 0. The Morgan fingerprint density at radius 2 is 2.13 bits per heavy atom. The minimum absolute atomic E-state index is 0.204. The third kappa shape index (κ3) is 4.15. The van der Waals surface area contributed by atoms with Crippen molar-refractivity contribution in [1.82, 2.24) is 0 Å². The van der Waals surface area contributed by atoms with Gasteiger partial charge in [-0.2, -0.15) is 0 Å². The molecular formula is C12H22O2S. The first-order chi connectivity index (χ1) is 7.00. The number of carbonyl (C=O) groups is 1. The number of ether oxygens (including phenoxy) is 1. The first-order valence-corrected chi connectivity index (χ1v) is 6.67. The molecule has 0 aliphatic carbocycles. The Balaban J connectivity index is 2.57. The van der Waals surface area contributed by atoms with E-state index in [-0.39, 0.29) is 11.2 Å². The Labute approximate surface area is 97.1 Å². The van der Waals surface area contributed by atoms with Crippen LogP contribution in [-0.4, -0.2) is 23.1 Å². The van der Waals surface area contributed by atoms with Crippen LogP contribution in [-0.2, 0) is 9.53 Å². The summed E-state index contributed by atoms with van der Waals surface area (Å²) in [5.74, 6) is 1.23.